The van der Waals surface area contributed by atoms with Crippen molar-refractivity contribution in [1.29, 1.82) is 0 Å². The van der Waals surface area contributed by atoms with Crippen LogP contribution < -0.4 is 5.32 Å². The van der Waals surface area contributed by atoms with Gasteiger partial charge in [0.25, 0.3) is 0 Å². The average molecular weight is 368 g/mol. The molecule has 3 aromatic rings. The van der Waals surface area contributed by atoms with Crippen LogP contribution >= 0.6 is 0 Å². The van der Waals surface area contributed by atoms with Crippen molar-refractivity contribution in [2.45, 2.75) is 40.7 Å². The molecular weight excluding hydrogens is 338 g/mol. The lowest BCUT2D eigenvalue weighted by Gasteiger charge is -2.09. The van der Waals surface area contributed by atoms with Gasteiger partial charge in [0.1, 0.15) is 0 Å². The maximum absolute atomic E-state index is 4.56. The summed E-state index contributed by atoms with van der Waals surface area (Å²) in [5, 5.41) is 7.26. The smallest absolute Gasteiger partial charge is 0.175 e. The third-order valence-electron chi connectivity index (χ3n) is 3.75. The van der Waals surface area contributed by atoms with E-state index in [4.69, 9.17) is 0 Å². The largest absolute Gasteiger partial charge is 0.337 e. The molecule has 7 nitrogen and oxygen atoms in total. The zero-order valence-corrected chi connectivity index (χ0v) is 16.8. The Labute approximate surface area is 161 Å². The molecule has 0 fully saturated rings. The zero-order valence-electron chi connectivity index (χ0n) is 16.8. The molecule has 144 valence electrons. The van der Waals surface area contributed by atoms with E-state index in [-0.39, 0.29) is 0 Å². The lowest BCUT2D eigenvalue weighted by atomic mass is 10.3. The van der Waals surface area contributed by atoms with E-state index in [1.165, 1.54) is 5.56 Å². The van der Waals surface area contributed by atoms with Gasteiger partial charge in [-0.05, 0) is 38.0 Å². The minimum absolute atomic E-state index is 0.829. The summed E-state index contributed by atoms with van der Waals surface area (Å²) < 4.78 is 3.92. The average Bonchev–Trinajstić information content (AvgIpc) is 3.24. The second-order valence-electron chi connectivity index (χ2n) is 6.03. The molecule has 4 heterocycles. The molecule has 0 saturated carbocycles. The van der Waals surface area contributed by atoms with E-state index < -0.39 is 0 Å². The van der Waals surface area contributed by atoms with E-state index in [2.05, 4.69) is 29.9 Å². The Kier molecular flexibility index (Phi) is 7.73. The number of nitrogens with zero attached hydrogens (tertiary/aromatic N) is 6. The monoisotopic (exact) mass is 367 g/mol. The molecule has 0 saturated heterocycles. The van der Waals surface area contributed by atoms with Crippen LogP contribution in [0.4, 0.5) is 5.69 Å². The number of rotatable bonds is 1. The minimum atomic E-state index is 0.829. The van der Waals surface area contributed by atoms with Crippen LogP contribution in [-0.2, 0) is 13.6 Å². The number of hydrogen-bond acceptors (Lipinski definition) is 5. The molecule has 0 spiro atoms. The van der Waals surface area contributed by atoms with Gasteiger partial charge >= 0.3 is 0 Å². The molecule has 0 aromatic carbocycles. The van der Waals surface area contributed by atoms with Gasteiger partial charge in [0.15, 0.2) is 11.7 Å². The molecule has 1 aliphatic rings. The van der Waals surface area contributed by atoms with Gasteiger partial charge in [0.2, 0.25) is 0 Å². The van der Waals surface area contributed by atoms with E-state index in [1.807, 2.05) is 71.7 Å². The Morgan fingerprint density at radius 2 is 1.93 bits per heavy atom. The molecule has 1 aliphatic heterocycles. The molecule has 0 unspecified atom stereocenters. The van der Waals surface area contributed by atoms with Gasteiger partial charge < -0.3 is 9.88 Å². The molecule has 0 bridgehead atoms. The summed E-state index contributed by atoms with van der Waals surface area (Å²) in [6.45, 7) is 9.79. The highest BCUT2D eigenvalue weighted by Crippen LogP contribution is 2.12. The first kappa shape index (κ1) is 20.4. The first-order valence-electron chi connectivity index (χ1n) is 9.33. The number of aromatic nitrogens is 5. The van der Waals surface area contributed by atoms with Gasteiger partial charge in [-0.1, -0.05) is 13.8 Å². The first-order chi connectivity index (χ1) is 13.1. The Bertz CT molecular complexity index is 844. The standard InChI is InChI=1S/C13H15N5.C5H8N2.C2H6/c1-10-9-11(3-5-14-10)17-12-13-16-6-8-18(13)7-2-4-15-12;1-5-3-6-7(2)4-5;1-2/h3,5-6,8-9H,2,4,7H2,1H3,(H,14,15,17);3-4H,1-2H3;1-2H3. The van der Waals surface area contributed by atoms with Gasteiger partial charge in [0.05, 0.1) is 6.20 Å². The van der Waals surface area contributed by atoms with E-state index in [0.29, 0.717) is 0 Å². The maximum atomic E-state index is 4.56. The first-order valence-corrected chi connectivity index (χ1v) is 9.33. The van der Waals surface area contributed by atoms with Crippen molar-refractivity contribution >= 4 is 11.5 Å². The third-order valence-corrected chi connectivity index (χ3v) is 3.75. The quantitative estimate of drug-likeness (QED) is 0.713. The fraction of sp³-hybridized carbons (Fsp3) is 0.400. The van der Waals surface area contributed by atoms with Crippen LogP contribution in [-0.4, -0.2) is 36.7 Å². The van der Waals surface area contributed by atoms with Gasteiger partial charge in [0, 0.05) is 56.3 Å². The van der Waals surface area contributed by atoms with Crippen LogP contribution in [0.2, 0.25) is 0 Å². The molecule has 7 heteroatoms. The van der Waals surface area contributed by atoms with E-state index >= 15 is 0 Å². The lowest BCUT2D eigenvalue weighted by molar-refractivity contribution is 0.660. The summed E-state index contributed by atoms with van der Waals surface area (Å²) in [5.74, 6) is 1.74. The number of anilines is 1. The number of aryl methyl sites for hydroxylation is 4. The second kappa shape index (κ2) is 10.3. The molecule has 1 N–H and O–H groups in total. The predicted molar refractivity (Wildman–Crippen MR) is 110 cm³/mol. The van der Waals surface area contributed by atoms with Crippen LogP contribution in [0.5, 0.6) is 0 Å². The van der Waals surface area contributed by atoms with Crippen molar-refractivity contribution in [3.63, 3.8) is 0 Å². The summed E-state index contributed by atoms with van der Waals surface area (Å²) in [6, 6.07) is 3.94. The van der Waals surface area contributed by atoms with Crippen molar-refractivity contribution < 1.29 is 0 Å². The fourth-order valence-corrected chi connectivity index (χ4v) is 2.61. The summed E-state index contributed by atoms with van der Waals surface area (Å²) in [5.41, 5.74) is 3.19. The highest BCUT2D eigenvalue weighted by molar-refractivity contribution is 6.06. The Morgan fingerprint density at radius 1 is 1.11 bits per heavy atom. The van der Waals surface area contributed by atoms with Gasteiger partial charge in [-0.15, -0.1) is 0 Å². The number of hydrogen-bond donors (Lipinski definition) is 1. The number of amidine groups is 1. The van der Waals surface area contributed by atoms with E-state index in [9.17, 15) is 0 Å². The van der Waals surface area contributed by atoms with Crippen LogP contribution in [0.25, 0.3) is 0 Å². The molecular formula is C20H29N7. The lowest BCUT2D eigenvalue weighted by Crippen LogP contribution is -2.18. The van der Waals surface area contributed by atoms with E-state index in [0.717, 1.165) is 42.6 Å². The summed E-state index contributed by atoms with van der Waals surface area (Å²) >= 11 is 0. The normalized spacial score (nSPS) is 12.4. The SMILES string of the molecule is CC.Cc1cc(NC2=NCCCn3ccnc32)ccn1.Cc1cnn(C)c1. The Balaban J connectivity index is 0.000000244. The van der Waals surface area contributed by atoms with Crippen molar-refractivity contribution in [1.82, 2.24) is 24.3 Å². The third kappa shape index (κ3) is 6.06. The molecule has 0 amide bonds. The minimum Gasteiger partial charge on any atom is -0.337 e. The second-order valence-corrected chi connectivity index (χ2v) is 6.03. The zero-order chi connectivity index (χ0) is 19.6. The van der Waals surface area contributed by atoms with E-state index in [1.54, 1.807) is 10.9 Å². The van der Waals surface area contributed by atoms with Crippen LogP contribution in [0.1, 0.15) is 37.4 Å². The number of fused-ring (bicyclic) bond motifs is 1. The van der Waals surface area contributed by atoms with Gasteiger partial charge in [-0.3, -0.25) is 14.7 Å². The van der Waals surface area contributed by atoms with Crippen LogP contribution in [0, 0.1) is 13.8 Å². The molecule has 0 aliphatic carbocycles. The molecule has 27 heavy (non-hydrogen) atoms. The van der Waals surface area contributed by atoms with Crippen molar-refractivity contribution in [2.24, 2.45) is 12.0 Å². The molecule has 0 atom stereocenters. The highest BCUT2D eigenvalue weighted by Gasteiger charge is 2.13. The summed E-state index contributed by atoms with van der Waals surface area (Å²) in [4.78, 5) is 13.1. The van der Waals surface area contributed by atoms with Gasteiger partial charge in [-0.25, -0.2) is 4.98 Å². The number of aliphatic imine (C=N–C) groups is 1. The van der Waals surface area contributed by atoms with Crippen LogP contribution in [0.3, 0.4) is 0 Å². The molecule has 4 rings (SSSR count). The van der Waals surface area contributed by atoms with Crippen LogP contribution in [0.15, 0.2) is 48.1 Å². The topological polar surface area (TPSA) is 72.9 Å². The van der Waals surface area contributed by atoms with Crippen molar-refractivity contribution in [3.05, 3.63) is 60.2 Å². The number of imidazole rings is 1. The Hall–Kier alpha value is -2.96. The summed E-state index contributed by atoms with van der Waals surface area (Å²) in [6.07, 6.45) is 10.5. The fourth-order valence-electron chi connectivity index (χ4n) is 2.61. The molecule has 0 radical (unpaired) electrons. The Morgan fingerprint density at radius 3 is 2.56 bits per heavy atom. The van der Waals surface area contributed by atoms with Crippen molar-refractivity contribution in [2.75, 3.05) is 11.9 Å². The van der Waals surface area contributed by atoms with Crippen molar-refractivity contribution in [3.8, 4) is 0 Å². The summed E-state index contributed by atoms with van der Waals surface area (Å²) in [7, 11) is 1.91. The number of nitrogens with one attached hydrogen (secondary N) is 1. The maximum Gasteiger partial charge on any atom is 0.175 e. The van der Waals surface area contributed by atoms with Gasteiger partial charge in [-0.2, -0.15) is 5.10 Å². The highest BCUT2D eigenvalue weighted by atomic mass is 15.2. The number of pyridine rings is 1. The predicted octanol–water partition coefficient (Wildman–Crippen LogP) is 3.60. The molecule has 3 aromatic heterocycles.